The number of amides is 1. The van der Waals surface area contributed by atoms with Gasteiger partial charge in [0.1, 0.15) is 0 Å². The van der Waals surface area contributed by atoms with Gasteiger partial charge in [0.25, 0.3) is 0 Å². The van der Waals surface area contributed by atoms with Crippen molar-refractivity contribution in [3.63, 3.8) is 0 Å². The second kappa shape index (κ2) is 7.75. The number of carboxylic acids is 1. The van der Waals surface area contributed by atoms with Crippen molar-refractivity contribution in [1.82, 2.24) is 4.90 Å². The third-order valence-electron chi connectivity index (χ3n) is 3.27. The van der Waals surface area contributed by atoms with Crippen molar-refractivity contribution in [2.45, 2.75) is 19.1 Å². The molecule has 1 aromatic carbocycles. The minimum atomic E-state index is -1.03. The molecule has 0 bridgehead atoms. The number of aliphatic carboxylic acids is 1. The van der Waals surface area contributed by atoms with Crippen LogP contribution >= 0.6 is 0 Å². The third-order valence-corrected chi connectivity index (χ3v) is 3.27. The molecule has 2 rings (SSSR count). The molecule has 0 aliphatic carbocycles. The summed E-state index contributed by atoms with van der Waals surface area (Å²) in [5, 5.41) is 8.89. The van der Waals surface area contributed by atoms with Crippen LogP contribution in [-0.4, -0.2) is 54.3 Å². The van der Waals surface area contributed by atoms with E-state index in [-0.39, 0.29) is 25.5 Å². The molecule has 114 valence electrons. The predicted molar refractivity (Wildman–Crippen MR) is 74.7 cm³/mol. The number of carbonyl (C=O) groups excluding carboxylic acids is 1. The van der Waals surface area contributed by atoms with Crippen LogP contribution in [0.25, 0.3) is 0 Å². The molecule has 0 radical (unpaired) electrons. The van der Waals surface area contributed by atoms with E-state index < -0.39 is 12.1 Å². The van der Waals surface area contributed by atoms with Crippen LogP contribution in [0.4, 0.5) is 0 Å². The van der Waals surface area contributed by atoms with Crippen molar-refractivity contribution in [3.8, 4) is 0 Å². The van der Waals surface area contributed by atoms with Crippen LogP contribution in [0.5, 0.6) is 0 Å². The summed E-state index contributed by atoms with van der Waals surface area (Å²) in [5.74, 6) is -1.13. The lowest BCUT2D eigenvalue weighted by molar-refractivity contribution is -0.159. The summed E-state index contributed by atoms with van der Waals surface area (Å²) < 4.78 is 10.5. The molecule has 1 aliphatic heterocycles. The van der Waals surface area contributed by atoms with Crippen LogP contribution in [0, 0.1) is 0 Å². The molecule has 21 heavy (non-hydrogen) atoms. The number of hydrogen-bond donors (Lipinski definition) is 1. The van der Waals surface area contributed by atoms with Crippen molar-refractivity contribution < 1.29 is 24.2 Å². The van der Waals surface area contributed by atoms with E-state index in [1.165, 1.54) is 4.90 Å². The average Bonchev–Trinajstić information content (AvgIpc) is 2.52. The van der Waals surface area contributed by atoms with Crippen molar-refractivity contribution in [2.75, 3.05) is 26.3 Å². The van der Waals surface area contributed by atoms with Gasteiger partial charge in [-0.05, 0) is 5.56 Å². The summed E-state index contributed by atoms with van der Waals surface area (Å²) in [7, 11) is 0. The van der Waals surface area contributed by atoms with Gasteiger partial charge in [-0.25, -0.2) is 4.79 Å². The molecule has 6 nitrogen and oxygen atoms in total. The summed E-state index contributed by atoms with van der Waals surface area (Å²) in [5.41, 5.74) is 1.06. The minimum Gasteiger partial charge on any atom is -0.479 e. The number of carboxylic acid groups (broad SMARTS) is 1. The van der Waals surface area contributed by atoms with Gasteiger partial charge in [-0.2, -0.15) is 0 Å². The van der Waals surface area contributed by atoms with E-state index in [1.54, 1.807) is 0 Å². The smallest absolute Gasteiger partial charge is 0.334 e. The van der Waals surface area contributed by atoms with E-state index in [4.69, 9.17) is 14.6 Å². The molecule has 1 saturated heterocycles. The van der Waals surface area contributed by atoms with Crippen LogP contribution in [0.3, 0.4) is 0 Å². The van der Waals surface area contributed by atoms with Crippen LogP contribution in [0.2, 0.25) is 0 Å². The highest BCUT2D eigenvalue weighted by Crippen LogP contribution is 2.08. The number of rotatable bonds is 6. The van der Waals surface area contributed by atoms with E-state index in [0.717, 1.165) is 5.56 Å². The fourth-order valence-corrected chi connectivity index (χ4v) is 2.11. The van der Waals surface area contributed by atoms with Gasteiger partial charge in [0.15, 0.2) is 6.10 Å². The highest BCUT2D eigenvalue weighted by atomic mass is 16.5. The fourth-order valence-electron chi connectivity index (χ4n) is 2.11. The lowest BCUT2D eigenvalue weighted by atomic mass is 10.2. The van der Waals surface area contributed by atoms with E-state index in [1.807, 2.05) is 30.3 Å². The lowest BCUT2D eigenvalue weighted by Gasteiger charge is -2.30. The summed E-state index contributed by atoms with van der Waals surface area (Å²) in [6.45, 7) is 1.58. The number of morpholine rings is 1. The maximum absolute atomic E-state index is 12.0. The second-order valence-electron chi connectivity index (χ2n) is 4.83. The van der Waals surface area contributed by atoms with Gasteiger partial charge in [-0.3, -0.25) is 4.79 Å². The molecule has 0 unspecified atom stereocenters. The topological polar surface area (TPSA) is 76.1 Å². The van der Waals surface area contributed by atoms with Crippen LogP contribution in [0.15, 0.2) is 30.3 Å². The molecule has 1 fully saturated rings. The van der Waals surface area contributed by atoms with E-state index >= 15 is 0 Å². The Hall–Kier alpha value is -1.92. The first-order valence-corrected chi connectivity index (χ1v) is 6.90. The summed E-state index contributed by atoms with van der Waals surface area (Å²) in [6, 6.07) is 9.72. The summed E-state index contributed by atoms with van der Waals surface area (Å²) in [6.07, 6.45) is -0.674. The molecule has 6 heteroatoms. The zero-order chi connectivity index (χ0) is 15.1. The lowest BCUT2D eigenvalue weighted by Crippen LogP contribution is -2.48. The first-order valence-electron chi connectivity index (χ1n) is 6.90. The number of nitrogens with zero attached hydrogens (tertiary/aromatic N) is 1. The van der Waals surface area contributed by atoms with Crippen molar-refractivity contribution in [2.24, 2.45) is 0 Å². The standard InChI is InChI=1S/C15H19NO5/c17-14(16-7-9-21-13(10-16)15(18)19)6-8-20-11-12-4-2-1-3-5-12/h1-5,13H,6-11H2,(H,18,19)/t13-/m1/s1. The Morgan fingerprint density at radius 3 is 2.81 bits per heavy atom. The highest BCUT2D eigenvalue weighted by Gasteiger charge is 2.28. The first-order chi connectivity index (χ1) is 10.2. The van der Waals surface area contributed by atoms with E-state index in [9.17, 15) is 9.59 Å². The zero-order valence-electron chi connectivity index (χ0n) is 11.7. The number of ether oxygens (including phenoxy) is 2. The molecule has 1 atom stereocenters. The monoisotopic (exact) mass is 293 g/mol. The Morgan fingerprint density at radius 1 is 1.33 bits per heavy atom. The van der Waals surface area contributed by atoms with Gasteiger partial charge in [-0.15, -0.1) is 0 Å². The maximum Gasteiger partial charge on any atom is 0.334 e. The molecule has 1 heterocycles. The third kappa shape index (κ3) is 4.84. The molecule has 1 aliphatic rings. The van der Waals surface area contributed by atoms with E-state index in [2.05, 4.69) is 0 Å². The Labute approximate surface area is 123 Å². The van der Waals surface area contributed by atoms with E-state index in [0.29, 0.717) is 19.8 Å². The predicted octanol–water partition coefficient (Wildman–Crippen LogP) is 0.905. The first kappa shape index (κ1) is 15.5. The fraction of sp³-hybridized carbons (Fsp3) is 0.467. The van der Waals surface area contributed by atoms with Crippen LogP contribution in [-0.2, 0) is 25.7 Å². The van der Waals surface area contributed by atoms with Crippen molar-refractivity contribution >= 4 is 11.9 Å². The van der Waals surface area contributed by atoms with Crippen LogP contribution < -0.4 is 0 Å². The number of hydrogen-bond acceptors (Lipinski definition) is 4. The van der Waals surface area contributed by atoms with Gasteiger partial charge < -0.3 is 19.5 Å². The summed E-state index contributed by atoms with van der Waals surface area (Å²) >= 11 is 0. The van der Waals surface area contributed by atoms with Gasteiger partial charge in [0.05, 0.1) is 32.8 Å². The Balaban J connectivity index is 1.68. The van der Waals surface area contributed by atoms with Gasteiger partial charge in [-0.1, -0.05) is 30.3 Å². The molecule has 0 spiro atoms. The quantitative estimate of drug-likeness (QED) is 0.789. The normalized spacial score (nSPS) is 18.5. The van der Waals surface area contributed by atoms with Gasteiger partial charge >= 0.3 is 5.97 Å². The maximum atomic E-state index is 12.0. The zero-order valence-corrected chi connectivity index (χ0v) is 11.7. The molecular formula is C15H19NO5. The molecule has 1 amide bonds. The number of carbonyl (C=O) groups is 2. The molecule has 1 N–H and O–H groups in total. The molecule has 0 aromatic heterocycles. The van der Waals surface area contributed by atoms with Crippen LogP contribution in [0.1, 0.15) is 12.0 Å². The van der Waals surface area contributed by atoms with Crippen molar-refractivity contribution in [3.05, 3.63) is 35.9 Å². The Bertz CT molecular complexity index is 476. The summed E-state index contributed by atoms with van der Waals surface area (Å²) in [4.78, 5) is 24.3. The molecule has 0 saturated carbocycles. The number of benzene rings is 1. The van der Waals surface area contributed by atoms with Crippen molar-refractivity contribution in [1.29, 1.82) is 0 Å². The minimum absolute atomic E-state index is 0.0994. The average molecular weight is 293 g/mol. The second-order valence-corrected chi connectivity index (χ2v) is 4.83. The molecular weight excluding hydrogens is 274 g/mol. The highest BCUT2D eigenvalue weighted by molar-refractivity contribution is 5.78. The molecule has 1 aromatic rings. The Morgan fingerprint density at radius 2 is 2.10 bits per heavy atom. The Kier molecular flexibility index (Phi) is 5.71. The SMILES string of the molecule is O=C(O)[C@H]1CN(C(=O)CCOCc2ccccc2)CCO1. The largest absolute Gasteiger partial charge is 0.479 e. The van der Waals surface area contributed by atoms with Gasteiger partial charge in [0, 0.05) is 6.54 Å². The van der Waals surface area contributed by atoms with Gasteiger partial charge in [0.2, 0.25) is 5.91 Å².